The van der Waals surface area contributed by atoms with E-state index >= 15 is 0 Å². The van der Waals surface area contributed by atoms with Crippen LogP contribution in [0, 0.1) is 6.92 Å². The summed E-state index contributed by atoms with van der Waals surface area (Å²) >= 11 is 0. The minimum absolute atomic E-state index is 0.143. The molecule has 182 valence electrons. The summed E-state index contributed by atoms with van der Waals surface area (Å²) in [5, 5.41) is 2.92. The van der Waals surface area contributed by atoms with E-state index in [0.29, 0.717) is 50.1 Å². The summed E-state index contributed by atoms with van der Waals surface area (Å²) in [4.78, 5) is 28.1. The number of carbonyl (C=O) groups is 2. The highest BCUT2D eigenvalue weighted by atomic mass is 32.2. The molecule has 2 aromatic rings. The van der Waals surface area contributed by atoms with Gasteiger partial charge in [0.15, 0.2) is 0 Å². The highest BCUT2D eigenvalue weighted by Gasteiger charge is 2.44. The van der Waals surface area contributed by atoms with Crippen molar-refractivity contribution in [1.29, 1.82) is 0 Å². The van der Waals surface area contributed by atoms with Crippen molar-refractivity contribution in [3.8, 4) is 5.75 Å². The highest BCUT2D eigenvalue weighted by Crippen LogP contribution is 2.31. The minimum Gasteiger partial charge on any atom is -0.496 e. The molecule has 2 heterocycles. The van der Waals surface area contributed by atoms with Crippen LogP contribution in [0.1, 0.15) is 36.8 Å². The number of aryl methyl sites for hydroxylation is 1. The molecular formula is C25H31N3O5S. The van der Waals surface area contributed by atoms with Crippen molar-refractivity contribution in [2.75, 3.05) is 20.2 Å². The molecule has 1 N–H and O–H groups in total. The van der Waals surface area contributed by atoms with E-state index in [4.69, 9.17) is 4.74 Å². The number of likely N-dealkylation sites (tertiary alicyclic amines) is 1. The molecule has 0 aromatic heterocycles. The van der Waals surface area contributed by atoms with Gasteiger partial charge in [-0.1, -0.05) is 30.3 Å². The number of nitrogens with zero attached hydrogens (tertiary/aromatic N) is 2. The molecular weight excluding hydrogens is 454 g/mol. The topological polar surface area (TPSA) is 96.0 Å². The maximum atomic E-state index is 13.5. The van der Waals surface area contributed by atoms with E-state index in [2.05, 4.69) is 5.32 Å². The first-order valence-corrected chi connectivity index (χ1v) is 13.1. The number of methoxy groups -OCH3 is 1. The van der Waals surface area contributed by atoms with Crippen molar-refractivity contribution < 1.29 is 22.7 Å². The van der Waals surface area contributed by atoms with Gasteiger partial charge in [0.1, 0.15) is 17.8 Å². The number of amides is 2. The zero-order chi connectivity index (χ0) is 24.3. The Labute approximate surface area is 200 Å². The molecule has 0 aliphatic carbocycles. The first-order chi connectivity index (χ1) is 16.3. The standard InChI is InChI=1S/C25H31N3O5S/c1-18-16-20(12-13-23(18)33-2)34(31,32)28-15-7-11-22(28)25(30)27-14-6-10-21(27)24(29)26-17-19-8-4-3-5-9-19/h3-5,8-9,12-13,16,21-22H,6-7,10-11,14-15,17H2,1-2H3,(H,26,29)/t21-,22-/m0/s1. The van der Waals surface area contributed by atoms with Gasteiger partial charge in [0, 0.05) is 19.6 Å². The maximum Gasteiger partial charge on any atom is 0.243 e. The predicted molar refractivity (Wildman–Crippen MR) is 128 cm³/mol. The highest BCUT2D eigenvalue weighted by molar-refractivity contribution is 7.89. The minimum atomic E-state index is -3.86. The number of rotatable bonds is 7. The van der Waals surface area contributed by atoms with Gasteiger partial charge in [-0.15, -0.1) is 0 Å². The average Bonchev–Trinajstić information content (AvgIpc) is 3.53. The van der Waals surface area contributed by atoms with Crippen LogP contribution in [-0.4, -0.2) is 61.7 Å². The van der Waals surface area contributed by atoms with Crippen LogP contribution in [0.25, 0.3) is 0 Å². The van der Waals surface area contributed by atoms with E-state index in [0.717, 1.165) is 5.56 Å². The van der Waals surface area contributed by atoms with Gasteiger partial charge in [-0.25, -0.2) is 8.42 Å². The van der Waals surface area contributed by atoms with Gasteiger partial charge in [0.25, 0.3) is 0 Å². The van der Waals surface area contributed by atoms with E-state index in [9.17, 15) is 18.0 Å². The van der Waals surface area contributed by atoms with Crippen molar-refractivity contribution in [1.82, 2.24) is 14.5 Å². The van der Waals surface area contributed by atoms with Gasteiger partial charge in [-0.2, -0.15) is 4.31 Å². The Morgan fingerprint density at radius 3 is 2.44 bits per heavy atom. The molecule has 0 radical (unpaired) electrons. The second-order valence-electron chi connectivity index (χ2n) is 8.80. The summed E-state index contributed by atoms with van der Waals surface area (Å²) in [6.45, 7) is 2.91. The van der Waals surface area contributed by atoms with Gasteiger partial charge in [0.05, 0.1) is 12.0 Å². The third-order valence-corrected chi connectivity index (χ3v) is 8.51. The molecule has 0 bridgehead atoms. The van der Waals surface area contributed by atoms with Gasteiger partial charge >= 0.3 is 0 Å². The summed E-state index contributed by atoms with van der Waals surface area (Å²) in [6, 6.07) is 12.9. The second kappa shape index (κ2) is 10.1. The van der Waals surface area contributed by atoms with Crippen LogP contribution in [0.3, 0.4) is 0 Å². The summed E-state index contributed by atoms with van der Waals surface area (Å²) < 4.78 is 33.4. The second-order valence-corrected chi connectivity index (χ2v) is 10.7. The van der Waals surface area contributed by atoms with Crippen LogP contribution >= 0.6 is 0 Å². The zero-order valence-electron chi connectivity index (χ0n) is 19.6. The molecule has 2 aromatic carbocycles. The van der Waals surface area contributed by atoms with Crippen LogP contribution in [0.15, 0.2) is 53.4 Å². The number of hydrogen-bond acceptors (Lipinski definition) is 5. The summed E-state index contributed by atoms with van der Waals surface area (Å²) in [5.41, 5.74) is 1.69. The van der Waals surface area contributed by atoms with Crippen molar-refractivity contribution in [2.45, 2.75) is 56.1 Å². The molecule has 34 heavy (non-hydrogen) atoms. The summed E-state index contributed by atoms with van der Waals surface area (Å²) in [7, 11) is -2.33. The van der Waals surface area contributed by atoms with E-state index < -0.39 is 22.1 Å². The van der Waals surface area contributed by atoms with E-state index in [1.807, 2.05) is 30.3 Å². The molecule has 0 saturated carbocycles. The van der Waals surface area contributed by atoms with Crippen molar-refractivity contribution in [2.24, 2.45) is 0 Å². The number of benzene rings is 2. The molecule has 2 aliphatic heterocycles. The number of hydrogen-bond donors (Lipinski definition) is 1. The quantitative estimate of drug-likeness (QED) is 0.650. The fraction of sp³-hybridized carbons (Fsp3) is 0.440. The predicted octanol–water partition coefficient (Wildman–Crippen LogP) is 2.46. The number of carbonyl (C=O) groups excluding carboxylic acids is 2. The van der Waals surface area contributed by atoms with E-state index in [1.165, 1.54) is 17.5 Å². The molecule has 8 nitrogen and oxygen atoms in total. The van der Waals surface area contributed by atoms with Gasteiger partial charge in [-0.3, -0.25) is 9.59 Å². The zero-order valence-corrected chi connectivity index (χ0v) is 20.4. The van der Waals surface area contributed by atoms with Crippen LogP contribution < -0.4 is 10.1 Å². The SMILES string of the molecule is COc1ccc(S(=O)(=O)N2CCC[C@H]2C(=O)N2CCC[C@H]2C(=O)NCc2ccccc2)cc1C. The molecule has 2 saturated heterocycles. The lowest BCUT2D eigenvalue weighted by Crippen LogP contribution is -2.52. The van der Waals surface area contributed by atoms with Gasteiger partial charge < -0.3 is 15.0 Å². The Kier molecular flexibility index (Phi) is 7.23. The van der Waals surface area contributed by atoms with Crippen molar-refractivity contribution in [3.05, 3.63) is 59.7 Å². The van der Waals surface area contributed by atoms with Crippen molar-refractivity contribution >= 4 is 21.8 Å². The third kappa shape index (κ3) is 4.81. The Balaban J connectivity index is 1.48. The molecule has 4 rings (SSSR count). The van der Waals surface area contributed by atoms with E-state index in [1.54, 1.807) is 24.0 Å². The molecule has 2 amide bonds. The monoisotopic (exact) mass is 485 g/mol. The van der Waals surface area contributed by atoms with Crippen LogP contribution in [0.4, 0.5) is 0 Å². The van der Waals surface area contributed by atoms with Crippen LogP contribution in [-0.2, 0) is 26.2 Å². The molecule has 2 fully saturated rings. The van der Waals surface area contributed by atoms with Crippen LogP contribution in [0.5, 0.6) is 5.75 Å². The van der Waals surface area contributed by atoms with Gasteiger partial charge in [0.2, 0.25) is 21.8 Å². The molecule has 2 aliphatic rings. The lowest BCUT2D eigenvalue weighted by Gasteiger charge is -2.30. The van der Waals surface area contributed by atoms with E-state index in [-0.39, 0.29) is 23.3 Å². The lowest BCUT2D eigenvalue weighted by atomic mass is 10.1. The fourth-order valence-corrected chi connectivity index (χ4v) is 6.56. The molecule has 0 unspecified atom stereocenters. The lowest BCUT2D eigenvalue weighted by molar-refractivity contribution is -0.140. The maximum absolute atomic E-state index is 13.5. The Hall–Kier alpha value is -2.91. The number of nitrogens with one attached hydrogen (secondary N) is 1. The molecule has 9 heteroatoms. The number of ether oxygens (including phenoxy) is 1. The first-order valence-electron chi connectivity index (χ1n) is 11.6. The molecule has 0 spiro atoms. The third-order valence-electron chi connectivity index (χ3n) is 6.61. The van der Waals surface area contributed by atoms with Gasteiger partial charge in [-0.05, 0) is 61.9 Å². The smallest absolute Gasteiger partial charge is 0.243 e. The fourth-order valence-electron chi connectivity index (χ4n) is 4.82. The number of sulfonamides is 1. The summed E-state index contributed by atoms with van der Waals surface area (Å²) in [5.74, 6) is 0.117. The Bertz CT molecular complexity index is 1150. The first kappa shape index (κ1) is 24.2. The Morgan fingerprint density at radius 1 is 1.03 bits per heavy atom. The Morgan fingerprint density at radius 2 is 1.74 bits per heavy atom. The average molecular weight is 486 g/mol. The van der Waals surface area contributed by atoms with Crippen LogP contribution in [0.2, 0.25) is 0 Å². The normalized spacial score (nSPS) is 20.9. The van der Waals surface area contributed by atoms with Crippen molar-refractivity contribution in [3.63, 3.8) is 0 Å². The molecule has 2 atom stereocenters. The largest absolute Gasteiger partial charge is 0.496 e. The summed E-state index contributed by atoms with van der Waals surface area (Å²) in [6.07, 6.45) is 2.33.